The smallest absolute Gasteiger partial charge is 0.253 e. The summed E-state index contributed by atoms with van der Waals surface area (Å²) in [5.41, 5.74) is 1.63. The molecule has 1 N–H and O–H groups in total. The second-order valence-corrected chi connectivity index (χ2v) is 10.9. The summed E-state index contributed by atoms with van der Waals surface area (Å²) >= 11 is 6.22. The second-order valence-electron chi connectivity index (χ2n) is 10.5. The number of amides is 3. The molecule has 4 atom stereocenters. The molecule has 4 aromatic rings. The van der Waals surface area contributed by atoms with Gasteiger partial charge in [-0.15, -0.1) is 0 Å². The Morgan fingerprint density at radius 3 is 2.44 bits per heavy atom. The van der Waals surface area contributed by atoms with Gasteiger partial charge in [0.25, 0.3) is 5.91 Å². The van der Waals surface area contributed by atoms with Crippen molar-refractivity contribution < 1.29 is 14.4 Å². The summed E-state index contributed by atoms with van der Waals surface area (Å²) < 4.78 is 0. The summed E-state index contributed by atoms with van der Waals surface area (Å²) in [6.45, 7) is 2.34. The van der Waals surface area contributed by atoms with Crippen molar-refractivity contribution in [3.63, 3.8) is 0 Å². The highest BCUT2D eigenvalue weighted by atomic mass is 35.5. The fourth-order valence-corrected chi connectivity index (χ4v) is 7.11. The van der Waals surface area contributed by atoms with Gasteiger partial charge in [-0.25, -0.2) is 4.90 Å². The van der Waals surface area contributed by atoms with Crippen LogP contribution in [0.15, 0.2) is 91.0 Å². The highest BCUT2D eigenvalue weighted by Gasteiger charge is 2.71. The number of halogens is 1. The molecule has 3 aliphatic rings. The fourth-order valence-electron chi connectivity index (χ4n) is 6.93. The van der Waals surface area contributed by atoms with Crippen LogP contribution in [0.1, 0.15) is 24.5 Å². The molecule has 194 valence electrons. The predicted molar refractivity (Wildman–Crippen MR) is 151 cm³/mol. The van der Waals surface area contributed by atoms with Gasteiger partial charge in [-0.2, -0.15) is 0 Å². The first-order valence-corrected chi connectivity index (χ1v) is 13.6. The third-order valence-corrected chi connectivity index (χ3v) is 8.82. The van der Waals surface area contributed by atoms with Gasteiger partial charge in [0.15, 0.2) is 0 Å². The summed E-state index contributed by atoms with van der Waals surface area (Å²) in [7, 11) is 0. The lowest BCUT2D eigenvalue weighted by atomic mass is 9.76. The van der Waals surface area contributed by atoms with E-state index < -0.39 is 17.4 Å². The van der Waals surface area contributed by atoms with E-state index in [1.165, 1.54) is 4.90 Å². The topological polar surface area (TPSA) is 69.7 Å². The number of fused-ring (bicyclic) bond motifs is 5. The molecular formula is C32H26ClN3O3. The average Bonchev–Trinajstić information content (AvgIpc) is 3.52. The van der Waals surface area contributed by atoms with Crippen molar-refractivity contribution in [1.82, 2.24) is 5.32 Å². The van der Waals surface area contributed by atoms with Crippen LogP contribution in [0.3, 0.4) is 0 Å². The number of hydrogen-bond donors (Lipinski definition) is 1. The van der Waals surface area contributed by atoms with Crippen LogP contribution < -0.4 is 15.1 Å². The van der Waals surface area contributed by atoms with E-state index in [0.29, 0.717) is 23.7 Å². The van der Waals surface area contributed by atoms with E-state index in [9.17, 15) is 14.4 Å². The molecule has 3 amide bonds. The lowest BCUT2D eigenvalue weighted by Crippen LogP contribution is -2.55. The average molecular weight is 536 g/mol. The van der Waals surface area contributed by atoms with Gasteiger partial charge in [0.2, 0.25) is 11.8 Å². The standard InChI is InChI=1S/C32H26ClN3O3/c1-2-25-27-28(30(38)36(29(27)37)22-13-8-12-21(33)17-22)32(34-25)24-15-5-6-16-26(24)35(31(32)39)18-20-11-7-10-19-9-3-4-14-23(19)20/h3-17,25,27-28,34H,2,18H2,1H3/t25-,27-,28+,32+/m1/s1. The number of para-hydroxylation sites is 1. The van der Waals surface area contributed by atoms with Crippen LogP contribution in [0.25, 0.3) is 10.8 Å². The lowest BCUT2D eigenvalue weighted by molar-refractivity contribution is -0.132. The summed E-state index contributed by atoms with van der Waals surface area (Å²) in [6.07, 6.45) is 0.601. The Balaban J connectivity index is 1.36. The predicted octanol–water partition coefficient (Wildman–Crippen LogP) is 5.42. The Kier molecular flexibility index (Phi) is 5.41. The zero-order valence-electron chi connectivity index (χ0n) is 21.3. The zero-order chi connectivity index (χ0) is 26.9. The van der Waals surface area contributed by atoms with E-state index in [0.717, 1.165) is 27.6 Å². The summed E-state index contributed by atoms with van der Waals surface area (Å²) in [5.74, 6) is -2.38. The molecule has 39 heavy (non-hydrogen) atoms. The third-order valence-electron chi connectivity index (χ3n) is 8.58. The second kappa shape index (κ2) is 8.76. The lowest BCUT2D eigenvalue weighted by Gasteiger charge is -2.30. The maximum absolute atomic E-state index is 14.6. The van der Waals surface area contributed by atoms with Gasteiger partial charge in [0, 0.05) is 22.3 Å². The molecular weight excluding hydrogens is 510 g/mol. The number of nitrogens with zero attached hydrogens (tertiary/aromatic N) is 2. The Labute approximate surface area is 231 Å². The van der Waals surface area contributed by atoms with Crippen molar-refractivity contribution in [2.75, 3.05) is 9.80 Å². The summed E-state index contributed by atoms with van der Waals surface area (Å²) in [6, 6.07) is 28.3. The van der Waals surface area contributed by atoms with Gasteiger partial charge in [0.05, 0.1) is 24.1 Å². The SMILES string of the molecule is CC[C@H]1N[C@]2(C(=O)N(Cc3cccc4ccccc34)c3ccccc32)[C@@H]2C(=O)N(c3cccc(Cl)c3)C(=O)[C@@H]21. The van der Waals surface area contributed by atoms with E-state index in [4.69, 9.17) is 11.6 Å². The van der Waals surface area contributed by atoms with Crippen LogP contribution in [0.2, 0.25) is 5.02 Å². The first-order valence-electron chi connectivity index (χ1n) is 13.2. The van der Waals surface area contributed by atoms with Gasteiger partial charge in [-0.05, 0) is 47.0 Å². The zero-order valence-corrected chi connectivity index (χ0v) is 22.1. The van der Waals surface area contributed by atoms with Crippen molar-refractivity contribution in [2.24, 2.45) is 11.8 Å². The number of nitrogens with one attached hydrogen (secondary N) is 1. The maximum Gasteiger partial charge on any atom is 0.253 e. The molecule has 2 saturated heterocycles. The minimum atomic E-state index is -1.33. The molecule has 7 heteroatoms. The van der Waals surface area contributed by atoms with Crippen molar-refractivity contribution in [3.05, 3.63) is 107 Å². The summed E-state index contributed by atoms with van der Waals surface area (Å²) in [5, 5.41) is 6.15. The van der Waals surface area contributed by atoms with Crippen LogP contribution in [-0.2, 0) is 26.5 Å². The molecule has 7 rings (SSSR count). The molecule has 0 bridgehead atoms. The Hall–Kier alpha value is -4.00. The molecule has 0 aromatic heterocycles. The largest absolute Gasteiger partial charge is 0.306 e. The van der Waals surface area contributed by atoms with Crippen molar-refractivity contribution in [1.29, 1.82) is 0 Å². The van der Waals surface area contributed by atoms with Crippen LogP contribution in [-0.4, -0.2) is 23.8 Å². The van der Waals surface area contributed by atoms with Gasteiger partial charge in [0.1, 0.15) is 5.54 Å². The highest BCUT2D eigenvalue weighted by Crippen LogP contribution is 2.55. The molecule has 3 aliphatic heterocycles. The Morgan fingerprint density at radius 1 is 0.872 bits per heavy atom. The first kappa shape index (κ1) is 24.1. The molecule has 3 heterocycles. The number of carbonyl (C=O) groups is 3. The quantitative estimate of drug-likeness (QED) is 0.354. The fraction of sp³-hybridized carbons (Fsp3) is 0.219. The van der Waals surface area contributed by atoms with Gasteiger partial charge >= 0.3 is 0 Å². The molecule has 0 saturated carbocycles. The minimum Gasteiger partial charge on any atom is -0.306 e. The van der Waals surface area contributed by atoms with Crippen LogP contribution in [0.5, 0.6) is 0 Å². The van der Waals surface area contributed by atoms with Crippen molar-refractivity contribution >= 4 is 51.5 Å². The molecule has 6 nitrogen and oxygen atoms in total. The third kappa shape index (κ3) is 3.28. The first-order chi connectivity index (χ1) is 19.0. The number of benzene rings is 4. The van der Waals surface area contributed by atoms with Crippen LogP contribution >= 0.6 is 11.6 Å². The maximum atomic E-state index is 14.6. The number of rotatable bonds is 4. The van der Waals surface area contributed by atoms with Gasteiger partial charge in [-0.3, -0.25) is 19.7 Å². The number of hydrogen-bond acceptors (Lipinski definition) is 4. The van der Waals surface area contributed by atoms with Gasteiger partial charge in [-0.1, -0.05) is 85.3 Å². The van der Waals surface area contributed by atoms with Crippen molar-refractivity contribution in [3.8, 4) is 0 Å². The normalized spacial score (nSPS) is 25.7. The molecule has 0 unspecified atom stereocenters. The summed E-state index contributed by atoms with van der Waals surface area (Å²) in [4.78, 5) is 45.7. The number of carbonyl (C=O) groups excluding carboxylic acids is 3. The van der Waals surface area contributed by atoms with E-state index in [-0.39, 0.29) is 23.8 Å². The molecule has 0 aliphatic carbocycles. The molecule has 4 aromatic carbocycles. The van der Waals surface area contributed by atoms with E-state index in [2.05, 4.69) is 23.5 Å². The van der Waals surface area contributed by atoms with Crippen LogP contribution in [0, 0.1) is 11.8 Å². The molecule has 1 spiro atoms. The minimum absolute atomic E-state index is 0.198. The van der Waals surface area contributed by atoms with Crippen LogP contribution in [0.4, 0.5) is 11.4 Å². The van der Waals surface area contributed by atoms with E-state index in [1.54, 1.807) is 29.2 Å². The molecule has 2 fully saturated rings. The van der Waals surface area contributed by atoms with E-state index >= 15 is 0 Å². The monoisotopic (exact) mass is 535 g/mol. The Morgan fingerprint density at radius 2 is 1.62 bits per heavy atom. The molecule has 0 radical (unpaired) electrons. The Bertz CT molecular complexity index is 1680. The highest BCUT2D eigenvalue weighted by molar-refractivity contribution is 6.31. The number of anilines is 2. The van der Waals surface area contributed by atoms with Crippen molar-refractivity contribution in [2.45, 2.75) is 31.5 Å². The van der Waals surface area contributed by atoms with Gasteiger partial charge < -0.3 is 4.90 Å². The number of imide groups is 1. The van der Waals surface area contributed by atoms with E-state index in [1.807, 2.05) is 55.5 Å².